The molecule has 1 rings (SSSR count). The highest BCUT2D eigenvalue weighted by Gasteiger charge is 2.16. The topological polar surface area (TPSA) is 32.3 Å². The minimum absolute atomic E-state index is 0.194. The second-order valence-electron chi connectivity index (χ2n) is 2.59. The van der Waals surface area contributed by atoms with Crippen molar-refractivity contribution in [3.63, 3.8) is 0 Å². The first-order valence-electron chi connectivity index (χ1n) is 3.29. The Hall–Kier alpha value is -0.340. The first-order chi connectivity index (χ1) is 4.24. The van der Waals surface area contributed by atoms with Crippen molar-refractivity contribution < 1.29 is 5.11 Å². The first kappa shape index (κ1) is 6.78. The van der Waals surface area contributed by atoms with Crippen molar-refractivity contribution in [2.75, 3.05) is 6.61 Å². The Balaban J connectivity index is 2.52. The van der Waals surface area contributed by atoms with Crippen molar-refractivity contribution in [3.8, 4) is 0 Å². The molecule has 1 aliphatic rings. The summed E-state index contributed by atoms with van der Waals surface area (Å²) in [6, 6.07) is 0.641. The molecule has 2 nitrogen and oxygen atoms in total. The smallest absolute Gasteiger partial charge is 0.0620 e. The normalized spacial score (nSPS) is 34.8. The summed E-state index contributed by atoms with van der Waals surface area (Å²) in [4.78, 5) is 0. The fourth-order valence-corrected chi connectivity index (χ4v) is 1.07. The van der Waals surface area contributed by atoms with E-state index in [4.69, 9.17) is 5.11 Å². The van der Waals surface area contributed by atoms with Gasteiger partial charge in [-0.3, -0.25) is 0 Å². The highest BCUT2D eigenvalue weighted by Crippen LogP contribution is 2.10. The van der Waals surface area contributed by atoms with E-state index in [0.717, 1.165) is 0 Å². The van der Waals surface area contributed by atoms with Crippen LogP contribution in [-0.4, -0.2) is 23.8 Å². The monoisotopic (exact) mass is 127 g/mol. The molecule has 0 saturated heterocycles. The predicted molar refractivity (Wildman–Crippen MR) is 37.2 cm³/mol. The van der Waals surface area contributed by atoms with Crippen LogP contribution < -0.4 is 5.32 Å². The minimum atomic E-state index is 0.194. The maximum Gasteiger partial charge on any atom is 0.0620 e. The zero-order valence-electron chi connectivity index (χ0n) is 5.89. The van der Waals surface area contributed by atoms with Crippen molar-refractivity contribution in [3.05, 3.63) is 11.6 Å². The van der Waals surface area contributed by atoms with E-state index in [2.05, 4.69) is 25.2 Å². The van der Waals surface area contributed by atoms with E-state index >= 15 is 0 Å². The van der Waals surface area contributed by atoms with Crippen LogP contribution in [0.3, 0.4) is 0 Å². The summed E-state index contributed by atoms with van der Waals surface area (Å²) in [5, 5.41) is 11.9. The molecule has 0 aromatic carbocycles. The van der Waals surface area contributed by atoms with Crippen molar-refractivity contribution >= 4 is 0 Å². The van der Waals surface area contributed by atoms with Gasteiger partial charge in [-0.15, -0.1) is 0 Å². The first-order valence-corrected chi connectivity index (χ1v) is 3.29. The van der Waals surface area contributed by atoms with Crippen LogP contribution in [0.15, 0.2) is 11.6 Å². The maximum atomic E-state index is 8.69. The molecular formula is C7H13NO. The van der Waals surface area contributed by atoms with Gasteiger partial charge in [0.1, 0.15) is 0 Å². The Morgan fingerprint density at radius 3 is 2.67 bits per heavy atom. The zero-order valence-corrected chi connectivity index (χ0v) is 5.89. The molecule has 2 N–H and O–H groups in total. The Kier molecular flexibility index (Phi) is 1.88. The van der Waals surface area contributed by atoms with Crippen molar-refractivity contribution in [2.24, 2.45) is 0 Å². The van der Waals surface area contributed by atoms with E-state index in [1.54, 1.807) is 0 Å². The van der Waals surface area contributed by atoms with Crippen LogP contribution in [0, 0.1) is 0 Å². The number of rotatable bonds is 1. The summed E-state index contributed by atoms with van der Waals surface area (Å²) in [5.41, 5.74) is 1.33. The lowest BCUT2D eigenvalue weighted by Gasteiger charge is -2.07. The molecule has 0 fully saturated rings. The second kappa shape index (κ2) is 2.50. The quantitative estimate of drug-likeness (QED) is 0.496. The number of hydrogen-bond acceptors (Lipinski definition) is 2. The van der Waals surface area contributed by atoms with E-state index < -0.39 is 0 Å². The number of hydrogen-bond donors (Lipinski definition) is 2. The van der Waals surface area contributed by atoms with E-state index in [1.807, 2.05) is 0 Å². The van der Waals surface area contributed by atoms with E-state index in [0.29, 0.717) is 6.04 Å². The Labute approximate surface area is 55.6 Å². The summed E-state index contributed by atoms with van der Waals surface area (Å²) in [6.07, 6.45) is 2.07. The van der Waals surface area contributed by atoms with Crippen LogP contribution in [0.2, 0.25) is 0 Å². The molecule has 0 bridgehead atoms. The standard InChI is InChI=1S/C7H13NO/c1-5-3-7(4-9)8-6(5)2/h3,6-9H,4H2,1-2H3/t6?,7-/m0/s1. The summed E-state index contributed by atoms with van der Waals surface area (Å²) >= 11 is 0. The Bertz CT molecular complexity index is 131. The summed E-state index contributed by atoms with van der Waals surface area (Å²) < 4.78 is 0. The predicted octanol–water partition coefficient (Wildman–Crippen LogP) is 0.285. The molecule has 0 radical (unpaired) electrons. The second-order valence-corrected chi connectivity index (χ2v) is 2.59. The third kappa shape index (κ3) is 1.32. The summed E-state index contributed by atoms with van der Waals surface area (Å²) in [7, 11) is 0. The van der Waals surface area contributed by atoms with Gasteiger partial charge in [-0.1, -0.05) is 11.6 Å². The maximum absolute atomic E-state index is 8.69. The van der Waals surface area contributed by atoms with Gasteiger partial charge >= 0.3 is 0 Å². The number of aliphatic hydroxyl groups excluding tert-OH is 1. The molecule has 52 valence electrons. The fourth-order valence-electron chi connectivity index (χ4n) is 1.07. The molecule has 9 heavy (non-hydrogen) atoms. The van der Waals surface area contributed by atoms with E-state index in [1.165, 1.54) is 5.57 Å². The van der Waals surface area contributed by atoms with Crippen molar-refractivity contribution in [1.29, 1.82) is 0 Å². The van der Waals surface area contributed by atoms with Gasteiger partial charge in [0.05, 0.1) is 6.61 Å². The lowest BCUT2D eigenvalue weighted by molar-refractivity contribution is 0.266. The molecule has 1 unspecified atom stereocenters. The number of nitrogens with one attached hydrogen (secondary N) is 1. The van der Waals surface area contributed by atoms with Crippen LogP contribution >= 0.6 is 0 Å². The van der Waals surface area contributed by atoms with Gasteiger partial charge in [0, 0.05) is 12.1 Å². The van der Waals surface area contributed by atoms with Gasteiger partial charge < -0.3 is 10.4 Å². The van der Waals surface area contributed by atoms with Gasteiger partial charge in [-0.2, -0.15) is 0 Å². The summed E-state index contributed by atoms with van der Waals surface area (Å²) in [5.74, 6) is 0. The zero-order chi connectivity index (χ0) is 6.85. The summed E-state index contributed by atoms with van der Waals surface area (Å²) in [6.45, 7) is 4.39. The lowest BCUT2D eigenvalue weighted by atomic mass is 10.2. The molecule has 0 aliphatic carbocycles. The molecule has 2 atom stereocenters. The molecule has 1 heterocycles. The van der Waals surface area contributed by atoms with Gasteiger partial charge in [0.15, 0.2) is 0 Å². The van der Waals surface area contributed by atoms with Crippen molar-refractivity contribution in [2.45, 2.75) is 25.9 Å². The van der Waals surface area contributed by atoms with Crippen LogP contribution in [-0.2, 0) is 0 Å². The molecule has 0 aromatic heterocycles. The molecule has 1 aliphatic heterocycles. The molecule has 0 amide bonds. The SMILES string of the molecule is CC1=C[C@@H](CO)NC1C. The molecular weight excluding hydrogens is 114 g/mol. The third-order valence-electron chi connectivity index (χ3n) is 1.81. The number of aliphatic hydroxyl groups is 1. The highest BCUT2D eigenvalue weighted by molar-refractivity contribution is 5.17. The van der Waals surface area contributed by atoms with Gasteiger partial charge in [-0.05, 0) is 13.8 Å². The lowest BCUT2D eigenvalue weighted by Crippen LogP contribution is -2.31. The third-order valence-corrected chi connectivity index (χ3v) is 1.81. The van der Waals surface area contributed by atoms with Gasteiger partial charge in [-0.25, -0.2) is 0 Å². The van der Waals surface area contributed by atoms with Crippen LogP contribution in [0.1, 0.15) is 13.8 Å². The molecule has 0 saturated carbocycles. The fraction of sp³-hybridized carbons (Fsp3) is 0.714. The Morgan fingerprint density at radius 2 is 2.44 bits per heavy atom. The van der Waals surface area contributed by atoms with Gasteiger partial charge in [0.2, 0.25) is 0 Å². The Morgan fingerprint density at radius 1 is 1.78 bits per heavy atom. The van der Waals surface area contributed by atoms with Crippen LogP contribution in [0.4, 0.5) is 0 Å². The van der Waals surface area contributed by atoms with Crippen molar-refractivity contribution in [1.82, 2.24) is 5.32 Å². The van der Waals surface area contributed by atoms with E-state index in [9.17, 15) is 0 Å². The largest absolute Gasteiger partial charge is 0.394 e. The average Bonchev–Trinajstić information content (AvgIpc) is 2.13. The van der Waals surface area contributed by atoms with Crippen LogP contribution in [0.25, 0.3) is 0 Å². The molecule has 0 spiro atoms. The molecule has 0 aromatic rings. The highest BCUT2D eigenvalue weighted by atomic mass is 16.3. The van der Waals surface area contributed by atoms with Crippen LogP contribution in [0.5, 0.6) is 0 Å². The molecule has 2 heteroatoms. The van der Waals surface area contributed by atoms with Gasteiger partial charge in [0.25, 0.3) is 0 Å². The van der Waals surface area contributed by atoms with E-state index in [-0.39, 0.29) is 12.6 Å². The minimum Gasteiger partial charge on any atom is -0.394 e. The average molecular weight is 127 g/mol.